The summed E-state index contributed by atoms with van der Waals surface area (Å²) in [6.45, 7) is 7.33. The van der Waals surface area contributed by atoms with Gasteiger partial charge in [0.15, 0.2) is 5.69 Å². The molecule has 23 heavy (non-hydrogen) atoms. The molecule has 0 saturated heterocycles. The van der Waals surface area contributed by atoms with E-state index in [1.165, 1.54) is 0 Å². The third-order valence-corrected chi connectivity index (χ3v) is 3.23. The molecular formula is C16H20N4O3. The average Bonchev–Trinajstić information content (AvgIpc) is 2.75. The van der Waals surface area contributed by atoms with E-state index in [0.29, 0.717) is 5.39 Å². The highest BCUT2D eigenvalue weighted by molar-refractivity contribution is 6.35. The van der Waals surface area contributed by atoms with Crippen LogP contribution in [0, 0.1) is 0 Å². The summed E-state index contributed by atoms with van der Waals surface area (Å²) in [4.78, 5) is 23.2. The molecule has 0 radical (unpaired) electrons. The fourth-order valence-corrected chi connectivity index (χ4v) is 2.32. The van der Waals surface area contributed by atoms with Gasteiger partial charge in [-0.1, -0.05) is 18.2 Å². The number of hydrogen-bond donors (Lipinski definition) is 2. The molecule has 7 nitrogen and oxygen atoms in total. The summed E-state index contributed by atoms with van der Waals surface area (Å²) in [6, 6.07) is 7.12. The minimum absolute atomic E-state index is 0.00351. The Labute approximate surface area is 134 Å². The number of rotatable bonds is 3. The Kier molecular flexibility index (Phi) is 4.78. The molecule has 0 bridgehead atoms. The summed E-state index contributed by atoms with van der Waals surface area (Å²) < 4.78 is 1.70. The van der Waals surface area contributed by atoms with Crippen LogP contribution >= 0.6 is 0 Å². The zero-order valence-corrected chi connectivity index (χ0v) is 13.6. The standard InChI is InChI=1S/C16H20N4O3/c1-9(2)17-14(21)15(22)19-18-13-11-7-5-6-8-12(11)20(10(3)4)16(13)23/h5-10,23H,1-4H3,(H,17,21). The fourth-order valence-electron chi connectivity index (χ4n) is 2.32. The highest BCUT2D eigenvalue weighted by Gasteiger charge is 2.19. The van der Waals surface area contributed by atoms with E-state index >= 15 is 0 Å². The number of nitrogens with one attached hydrogen (secondary N) is 1. The zero-order valence-electron chi connectivity index (χ0n) is 13.6. The third-order valence-electron chi connectivity index (χ3n) is 3.23. The summed E-state index contributed by atoms with van der Waals surface area (Å²) in [5.41, 5.74) is 0.966. The van der Waals surface area contributed by atoms with Gasteiger partial charge in [-0.05, 0) is 33.8 Å². The third kappa shape index (κ3) is 3.39. The van der Waals surface area contributed by atoms with Gasteiger partial charge in [-0.3, -0.25) is 9.59 Å². The number of aromatic nitrogens is 1. The molecule has 0 spiro atoms. The van der Waals surface area contributed by atoms with Gasteiger partial charge < -0.3 is 15.0 Å². The number of aromatic hydroxyl groups is 1. The average molecular weight is 316 g/mol. The predicted octanol–water partition coefficient (Wildman–Crippen LogP) is 3.06. The van der Waals surface area contributed by atoms with Gasteiger partial charge in [0.2, 0.25) is 5.88 Å². The van der Waals surface area contributed by atoms with Crippen molar-refractivity contribution >= 4 is 28.4 Å². The van der Waals surface area contributed by atoms with Crippen molar-refractivity contribution in [3.63, 3.8) is 0 Å². The van der Waals surface area contributed by atoms with Gasteiger partial charge in [-0.2, -0.15) is 0 Å². The van der Waals surface area contributed by atoms with Crippen molar-refractivity contribution in [3.05, 3.63) is 24.3 Å². The Hall–Kier alpha value is -2.70. The number of fused-ring (bicyclic) bond motifs is 1. The van der Waals surface area contributed by atoms with Crippen molar-refractivity contribution in [3.8, 4) is 5.88 Å². The number of para-hydroxylation sites is 1. The highest BCUT2D eigenvalue weighted by Crippen LogP contribution is 2.40. The number of carbonyl (C=O) groups excluding carboxylic acids is 2. The number of hydrogen-bond acceptors (Lipinski definition) is 4. The maximum atomic E-state index is 11.7. The van der Waals surface area contributed by atoms with Crippen molar-refractivity contribution in [2.24, 2.45) is 10.2 Å². The molecule has 1 aromatic carbocycles. The van der Waals surface area contributed by atoms with Crippen molar-refractivity contribution in [2.45, 2.75) is 39.8 Å². The molecule has 1 heterocycles. The van der Waals surface area contributed by atoms with Gasteiger partial charge in [-0.25, -0.2) is 0 Å². The molecule has 0 fully saturated rings. The van der Waals surface area contributed by atoms with Crippen LogP contribution in [0.25, 0.3) is 10.9 Å². The first-order valence-electron chi connectivity index (χ1n) is 7.41. The molecule has 1 aromatic heterocycles. The molecule has 0 unspecified atom stereocenters. The van der Waals surface area contributed by atoms with Crippen LogP contribution in [0.3, 0.4) is 0 Å². The minimum atomic E-state index is -1.00. The van der Waals surface area contributed by atoms with Crippen LogP contribution in [0.4, 0.5) is 5.69 Å². The lowest BCUT2D eigenvalue weighted by Crippen LogP contribution is -2.34. The first kappa shape index (κ1) is 16.7. The van der Waals surface area contributed by atoms with Crippen LogP contribution in [-0.2, 0) is 9.59 Å². The van der Waals surface area contributed by atoms with E-state index in [0.717, 1.165) is 5.52 Å². The van der Waals surface area contributed by atoms with Crippen molar-refractivity contribution in [1.82, 2.24) is 9.88 Å². The van der Waals surface area contributed by atoms with E-state index in [9.17, 15) is 14.7 Å². The van der Waals surface area contributed by atoms with Crippen molar-refractivity contribution in [1.29, 1.82) is 0 Å². The zero-order chi connectivity index (χ0) is 17.1. The van der Waals surface area contributed by atoms with Crippen LogP contribution in [0.2, 0.25) is 0 Å². The normalized spacial score (nSPS) is 11.7. The molecule has 2 N–H and O–H groups in total. The summed E-state index contributed by atoms with van der Waals surface area (Å²) >= 11 is 0. The molecule has 0 aliphatic heterocycles. The topological polar surface area (TPSA) is 96.1 Å². The molecule has 2 rings (SSSR count). The summed E-state index contributed by atoms with van der Waals surface area (Å²) in [5, 5.41) is 20.7. The molecular weight excluding hydrogens is 296 g/mol. The molecule has 0 atom stereocenters. The largest absolute Gasteiger partial charge is 0.493 e. The number of carbonyl (C=O) groups is 2. The summed E-state index contributed by atoms with van der Waals surface area (Å²) in [7, 11) is 0. The predicted molar refractivity (Wildman–Crippen MR) is 86.8 cm³/mol. The van der Waals surface area contributed by atoms with Crippen LogP contribution in [0.5, 0.6) is 5.88 Å². The number of azo groups is 1. The van der Waals surface area contributed by atoms with Crippen molar-refractivity contribution < 1.29 is 14.7 Å². The maximum Gasteiger partial charge on any atom is 0.353 e. The Morgan fingerprint density at radius 2 is 1.83 bits per heavy atom. The Morgan fingerprint density at radius 1 is 1.17 bits per heavy atom. The number of nitrogens with zero attached hydrogens (tertiary/aromatic N) is 3. The summed E-state index contributed by atoms with van der Waals surface area (Å²) in [6.07, 6.45) is 0. The van der Waals surface area contributed by atoms with Crippen LogP contribution in [-0.4, -0.2) is 27.5 Å². The minimum Gasteiger partial charge on any atom is -0.493 e. The molecule has 122 valence electrons. The smallest absolute Gasteiger partial charge is 0.353 e. The lowest BCUT2D eigenvalue weighted by molar-refractivity contribution is -0.137. The van der Waals surface area contributed by atoms with Crippen LogP contribution in [0.1, 0.15) is 33.7 Å². The summed E-state index contributed by atoms with van der Waals surface area (Å²) in [5.74, 6) is -1.91. The molecule has 0 aliphatic rings. The Bertz CT molecular complexity index is 775. The van der Waals surface area contributed by atoms with Gasteiger partial charge in [-0.15, -0.1) is 10.2 Å². The SMILES string of the molecule is CC(C)NC(=O)C(=O)N=Nc1c(O)n(C(C)C)c2ccccc12. The lowest BCUT2D eigenvalue weighted by Gasteiger charge is -2.10. The van der Waals surface area contributed by atoms with E-state index in [2.05, 4.69) is 15.5 Å². The fraction of sp³-hybridized carbons (Fsp3) is 0.375. The van der Waals surface area contributed by atoms with Crippen LogP contribution in [0.15, 0.2) is 34.5 Å². The Morgan fingerprint density at radius 3 is 2.43 bits per heavy atom. The van der Waals surface area contributed by atoms with E-state index in [1.54, 1.807) is 30.5 Å². The maximum absolute atomic E-state index is 11.7. The second kappa shape index (κ2) is 6.60. The molecule has 0 saturated carbocycles. The highest BCUT2D eigenvalue weighted by atomic mass is 16.3. The Balaban J connectivity index is 2.41. The molecule has 2 amide bonds. The number of amides is 2. The second-order valence-electron chi connectivity index (χ2n) is 5.79. The van der Waals surface area contributed by atoms with Gasteiger partial charge in [0.1, 0.15) is 0 Å². The van der Waals surface area contributed by atoms with Gasteiger partial charge in [0, 0.05) is 17.5 Å². The van der Waals surface area contributed by atoms with E-state index in [4.69, 9.17) is 0 Å². The number of benzene rings is 1. The monoisotopic (exact) mass is 316 g/mol. The van der Waals surface area contributed by atoms with E-state index in [-0.39, 0.29) is 23.7 Å². The van der Waals surface area contributed by atoms with Crippen molar-refractivity contribution in [2.75, 3.05) is 0 Å². The van der Waals surface area contributed by atoms with E-state index in [1.807, 2.05) is 26.0 Å². The van der Waals surface area contributed by atoms with Crippen LogP contribution < -0.4 is 5.32 Å². The first-order valence-corrected chi connectivity index (χ1v) is 7.41. The quantitative estimate of drug-likeness (QED) is 0.672. The first-order chi connectivity index (χ1) is 10.8. The van der Waals surface area contributed by atoms with Gasteiger partial charge in [0.05, 0.1) is 5.52 Å². The van der Waals surface area contributed by atoms with E-state index < -0.39 is 11.8 Å². The van der Waals surface area contributed by atoms with Gasteiger partial charge >= 0.3 is 11.8 Å². The van der Waals surface area contributed by atoms with Gasteiger partial charge in [0.25, 0.3) is 0 Å². The molecule has 7 heteroatoms. The second-order valence-corrected chi connectivity index (χ2v) is 5.79. The lowest BCUT2D eigenvalue weighted by atomic mass is 10.2. The molecule has 2 aromatic rings. The molecule has 0 aliphatic carbocycles.